The second kappa shape index (κ2) is 9.24. The summed E-state index contributed by atoms with van der Waals surface area (Å²) in [6.07, 6.45) is 12.7. The van der Waals surface area contributed by atoms with Crippen molar-refractivity contribution in [2.75, 3.05) is 26.3 Å². The number of hydrogen-bond acceptors (Lipinski definition) is 2. The average Bonchev–Trinajstić information content (AvgIpc) is 2.54. The summed E-state index contributed by atoms with van der Waals surface area (Å²) in [6, 6.07) is 0. The van der Waals surface area contributed by atoms with E-state index in [1.165, 1.54) is 32.1 Å². The van der Waals surface area contributed by atoms with Crippen LogP contribution in [0.1, 0.15) is 57.8 Å². The molecule has 0 atom stereocenters. The van der Waals surface area contributed by atoms with Gasteiger partial charge in [-0.2, -0.15) is 0 Å². The molecule has 1 aliphatic heterocycles. The molecule has 3 nitrogen and oxygen atoms in total. The highest BCUT2D eigenvalue weighted by Crippen LogP contribution is 2.28. The van der Waals surface area contributed by atoms with E-state index in [1.54, 1.807) is 6.08 Å². The van der Waals surface area contributed by atoms with Crippen LogP contribution in [0.3, 0.4) is 0 Å². The summed E-state index contributed by atoms with van der Waals surface area (Å²) in [7, 11) is 0. The molecule has 1 saturated heterocycles. The number of likely N-dealkylation sites (tertiary alicyclic amines) is 1. The molecule has 3 heteroatoms. The summed E-state index contributed by atoms with van der Waals surface area (Å²) in [5.41, 5.74) is 0. The highest BCUT2D eigenvalue weighted by molar-refractivity contribution is 5.76. The highest BCUT2D eigenvalue weighted by atomic mass is 16.5. The molecule has 0 spiro atoms. The van der Waals surface area contributed by atoms with Gasteiger partial charge in [-0.1, -0.05) is 38.2 Å². The van der Waals surface area contributed by atoms with E-state index in [9.17, 15) is 4.79 Å². The number of hydrogen-bond donors (Lipinski definition) is 0. The Hall–Kier alpha value is -0.830. The number of nitrogens with zero attached hydrogens (tertiary/aromatic N) is 1. The fourth-order valence-electron chi connectivity index (χ4n) is 3.63. The molecule has 1 heterocycles. The van der Waals surface area contributed by atoms with Gasteiger partial charge in [0, 0.05) is 26.1 Å². The highest BCUT2D eigenvalue weighted by Gasteiger charge is 2.23. The van der Waals surface area contributed by atoms with Gasteiger partial charge in [0.1, 0.15) is 0 Å². The molecule has 0 aromatic heterocycles. The monoisotopic (exact) mass is 293 g/mol. The lowest BCUT2D eigenvalue weighted by molar-refractivity contribution is -0.133. The third kappa shape index (κ3) is 5.82. The fourth-order valence-corrected chi connectivity index (χ4v) is 3.63. The van der Waals surface area contributed by atoms with Crippen molar-refractivity contribution in [1.82, 2.24) is 4.90 Å². The predicted octanol–water partition coefficient (Wildman–Crippen LogP) is 3.79. The Labute approximate surface area is 129 Å². The first kappa shape index (κ1) is 16.5. The Morgan fingerprint density at radius 1 is 1.10 bits per heavy atom. The zero-order valence-electron chi connectivity index (χ0n) is 13.4. The Bertz CT molecular complexity index is 315. The molecule has 0 unspecified atom stereocenters. The Balaban J connectivity index is 1.59. The fraction of sp³-hybridized carbons (Fsp3) is 0.833. The van der Waals surface area contributed by atoms with Gasteiger partial charge >= 0.3 is 0 Å². The molecule has 2 aliphatic rings. The standard InChI is InChI=1S/C18H31NO2/c1-2-14-21-15-17-10-12-19(13-11-17)18(20)9-8-16-6-4-3-5-7-16/h2,16-17H,1,3-15H2. The van der Waals surface area contributed by atoms with Crippen LogP contribution in [0.2, 0.25) is 0 Å². The molecular weight excluding hydrogens is 262 g/mol. The van der Waals surface area contributed by atoms with Gasteiger partial charge in [0.05, 0.1) is 6.61 Å². The number of rotatable bonds is 7. The van der Waals surface area contributed by atoms with Crippen LogP contribution >= 0.6 is 0 Å². The minimum absolute atomic E-state index is 0.381. The maximum atomic E-state index is 12.3. The molecular formula is C18H31NO2. The lowest BCUT2D eigenvalue weighted by Gasteiger charge is -2.32. The van der Waals surface area contributed by atoms with E-state index in [0.717, 1.165) is 51.3 Å². The van der Waals surface area contributed by atoms with E-state index in [-0.39, 0.29) is 0 Å². The Kier molecular flexibility index (Phi) is 7.28. The maximum absolute atomic E-state index is 12.3. The van der Waals surface area contributed by atoms with Gasteiger partial charge in [-0.25, -0.2) is 0 Å². The van der Waals surface area contributed by atoms with E-state index >= 15 is 0 Å². The van der Waals surface area contributed by atoms with E-state index in [0.29, 0.717) is 18.4 Å². The third-order valence-corrected chi connectivity index (χ3v) is 5.05. The van der Waals surface area contributed by atoms with Gasteiger partial charge in [0.15, 0.2) is 0 Å². The van der Waals surface area contributed by atoms with Gasteiger partial charge in [-0.05, 0) is 31.1 Å². The quantitative estimate of drug-likeness (QED) is 0.528. The topological polar surface area (TPSA) is 29.5 Å². The summed E-state index contributed by atoms with van der Waals surface area (Å²) >= 11 is 0. The van der Waals surface area contributed by atoms with Crippen molar-refractivity contribution in [2.45, 2.75) is 57.8 Å². The SMILES string of the molecule is C=CCOCC1CCN(C(=O)CCC2CCCCC2)CC1. The van der Waals surface area contributed by atoms with Crippen molar-refractivity contribution < 1.29 is 9.53 Å². The van der Waals surface area contributed by atoms with Crippen LogP contribution in [-0.2, 0) is 9.53 Å². The number of piperidine rings is 1. The van der Waals surface area contributed by atoms with Crippen molar-refractivity contribution in [3.8, 4) is 0 Å². The van der Waals surface area contributed by atoms with Gasteiger partial charge in [-0.3, -0.25) is 4.79 Å². The molecule has 0 radical (unpaired) electrons. The summed E-state index contributed by atoms with van der Waals surface area (Å²) < 4.78 is 5.52. The van der Waals surface area contributed by atoms with Crippen molar-refractivity contribution in [1.29, 1.82) is 0 Å². The number of carbonyl (C=O) groups is 1. The van der Waals surface area contributed by atoms with Crippen molar-refractivity contribution in [3.63, 3.8) is 0 Å². The zero-order valence-corrected chi connectivity index (χ0v) is 13.4. The smallest absolute Gasteiger partial charge is 0.222 e. The first-order valence-corrected chi connectivity index (χ1v) is 8.76. The molecule has 2 fully saturated rings. The molecule has 0 bridgehead atoms. The van der Waals surface area contributed by atoms with Crippen LogP contribution in [0.4, 0.5) is 0 Å². The van der Waals surface area contributed by atoms with Crippen LogP contribution in [0.15, 0.2) is 12.7 Å². The average molecular weight is 293 g/mol. The first-order valence-electron chi connectivity index (χ1n) is 8.76. The molecule has 0 aromatic carbocycles. The predicted molar refractivity (Wildman–Crippen MR) is 86.1 cm³/mol. The van der Waals surface area contributed by atoms with Crippen LogP contribution in [0, 0.1) is 11.8 Å². The molecule has 2 rings (SSSR count). The molecule has 1 amide bonds. The number of ether oxygens (including phenoxy) is 1. The zero-order chi connectivity index (χ0) is 14.9. The van der Waals surface area contributed by atoms with Crippen molar-refractivity contribution >= 4 is 5.91 Å². The molecule has 1 aliphatic carbocycles. The van der Waals surface area contributed by atoms with Crippen molar-refractivity contribution in [2.24, 2.45) is 11.8 Å². The lowest BCUT2D eigenvalue weighted by atomic mass is 9.86. The maximum Gasteiger partial charge on any atom is 0.222 e. The van der Waals surface area contributed by atoms with E-state index in [1.807, 2.05) is 0 Å². The van der Waals surface area contributed by atoms with Gasteiger partial charge in [0.2, 0.25) is 5.91 Å². The minimum atomic E-state index is 0.381. The summed E-state index contributed by atoms with van der Waals surface area (Å²) in [5, 5.41) is 0. The second-order valence-corrected chi connectivity index (χ2v) is 6.69. The minimum Gasteiger partial charge on any atom is -0.377 e. The van der Waals surface area contributed by atoms with Crippen LogP contribution in [0.5, 0.6) is 0 Å². The van der Waals surface area contributed by atoms with E-state index < -0.39 is 0 Å². The summed E-state index contributed by atoms with van der Waals surface area (Å²) in [6.45, 7) is 6.96. The molecule has 0 aromatic rings. The van der Waals surface area contributed by atoms with Crippen LogP contribution < -0.4 is 0 Å². The summed E-state index contributed by atoms with van der Waals surface area (Å²) in [5.74, 6) is 1.81. The van der Waals surface area contributed by atoms with Crippen LogP contribution in [-0.4, -0.2) is 37.1 Å². The Morgan fingerprint density at radius 2 is 1.81 bits per heavy atom. The largest absolute Gasteiger partial charge is 0.377 e. The molecule has 21 heavy (non-hydrogen) atoms. The normalized spacial score (nSPS) is 21.4. The second-order valence-electron chi connectivity index (χ2n) is 6.69. The number of carbonyl (C=O) groups excluding carboxylic acids is 1. The van der Waals surface area contributed by atoms with Crippen molar-refractivity contribution in [3.05, 3.63) is 12.7 Å². The molecule has 120 valence electrons. The van der Waals surface area contributed by atoms with Gasteiger partial charge in [-0.15, -0.1) is 6.58 Å². The Morgan fingerprint density at radius 3 is 2.48 bits per heavy atom. The molecule has 1 saturated carbocycles. The van der Waals surface area contributed by atoms with E-state index in [4.69, 9.17) is 4.74 Å². The van der Waals surface area contributed by atoms with Crippen LogP contribution in [0.25, 0.3) is 0 Å². The van der Waals surface area contributed by atoms with E-state index in [2.05, 4.69) is 11.5 Å². The summed E-state index contributed by atoms with van der Waals surface area (Å²) in [4.78, 5) is 14.4. The first-order chi connectivity index (χ1) is 10.3. The van der Waals surface area contributed by atoms with Gasteiger partial charge in [0.25, 0.3) is 0 Å². The third-order valence-electron chi connectivity index (χ3n) is 5.05. The number of amides is 1. The lowest BCUT2D eigenvalue weighted by Crippen LogP contribution is -2.39. The van der Waals surface area contributed by atoms with Gasteiger partial charge < -0.3 is 9.64 Å². The molecule has 0 N–H and O–H groups in total.